The lowest BCUT2D eigenvalue weighted by Crippen LogP contribution is -2.07. The summed E-state index contributed by atoms with van der Waals surface area (Å²) in [7, 11) is -3.04. The molecule has 0 unspecified atom stereocenters. The van der Waals surface area contributed by atoms with Crippen molar-refractivity contribution in [1.29, 1.82) is 0 Å². The highest BCUT2D eigenvalue weighted by Gasteiger charge is 2.09. The van der Waals surface area contributed by atoms with Gasteiger partial charge in [0.2, 0.25) is 0 Å². The Bertz CT molecular complexity index is 438. The maximum Gasteiger partial charge on any atom is 0.157 e. The molecule has 3 heteroatoms. The fourth-order valence-electron chi connectivity index (χ4n) is 1.64. The first kappa shape index (κ1) is 12.0. The molecule has 0 aliphatic heterocycles. The molecule has 0 aliphatic rings. The zero-order valence-corrected chi connectivity index (χ0v) is 9.97. The monoisotopic (exact) mass is 224 g/mol. The van der Waals surface area contributed by atoms with Gasteiger partial charge in [0, 0.05) is 0 Å². The molecular weight excluding hydrogens is 208 g/mol. The minimum absolute atomic E-state index is 0.0417. The average molecular weight is 224 g/mol. The Balaban J connectivity index is 2.94. The van der Waals surface area contributed by atoms with Crippen molar-refractivity contribution in [1.82, 2.24) is 0 Å². The van der Waals surface area contributed by atoms with E-state index in [9.17, 15) is 8.42 Å². The highest BCUT2D eigenvalue weighted by molar-refractivity contribution is 7.90. The molecule has 2 nitrogen and oxygen atoms in total. The number of hydrogen-bond acceptors (Lipinski definition) is 2. The Morgan fingerprint density at radius 2 is 1.73 bits per heavy atom. The molecule has 0 aliphatic carbocycles. The van der Waals surface area contributed by atoms with Gasteiger partial charge in [-0.25, -0.2) is 8.42 Å². The van der Waals surface area contributed by atoms with E-state index in [0.717, 1.165) is 16.7 Å². The number of benzene rings is 1. The standard InChI is InChI=1S/C12H16O2S/c1-4-5-15(13,14)9-12-7-10(2)6-11(3)8-12/h4,6-8H,1,5,9H2,2-3H3. The summed E-state index contributed by atoms with van der Waals surface area (Å²) in [4.78, 5) is 0. The van der Waals surface area contributed by atoms with Crippen LogP contribution in [-0.4, -0.2) is 14.2 Å². The molecule has 0 amide bonds. The summed E-state index contributed by atoms with van der Waals surface area (Å²) in [5, 5.41) is 0. The quantitative estimate of drug-likeness (QED) is 0.736. The van der Waals surface area contributed by atoms with Gasteiger partial charge in [-0.05, 0) is 19.4 Å². The number of rotatable bonds is 4. The topological polar surface area (TPSA) is 34.1 Å². The van der Waals surface area contributed by atoms with Crippen LogP contribution in [0, 0.1) is 13.8 Å². The Morgan fingerprint density at radius 1 is 1.20 bits per heavy atom. The first-order valence-corrected chi connectivity index (χ1v) is 6.63. The molecule has 15 heavy (non-hydrogen) atoms. The summed E-state index contributed by atoms with van der Waals surface area (Å²) >= 11 is 0. The molecule has 0 heterocycles. The summed E-state index contributed by atoms with van der Waals surface area (Å²) in [6, 6.07) is 5.85. The van der Waals surface area contributed by atoms with Crippen LogP contribution < -0.4 is 0 Å². The predicted octanol–water partition coefficient (Wildman–Crippen LogP) is 2.40. The van der Waals surface area contributed by atoms with E-state index in [0.29, 0.717) is 0 Å². The van der Waals surface area contributed by atoms with Gasteiger partial charge in [0.1, 0.15) is 0 Å². The summed E-state index contributed by atoms with van der Waals surface area (Å²) < 4.78 is 23.1. The van der Waals surface area contributed by atoms with Crippen LogP contribution in [0.1, 0.15) is 16.7 Å². The SMILES string of the molecule is C=CCS(=O)(=O)Cc1cc(C)cc(C)c1. The zero-order chi connectivity index (χ0) is 11.5. The zero-order valence-electron chi connectivity index (χ0n) is 9.16. The lowest BCUT2D eigenvalue weighted by atomic mass is 10.1. The van der Waals surface area contributed by atoms with Crippen molar-refractivity contribution >= 4 is 9.84 Å². The summed E-state index contributed by atoms with van der Waals surface area (Å²) in [6.07, 6.45) is 1.43. The highest BCUT2D eigenvalue weighted by Crippen LogP contribution is 2.12. The fraction of sp³-hybridized carbons (Fsp3) is 0.333. The van der Waals surface area contributed by atoms with Crippen molar-refractivity contribution in [2.24, 2.45) is 0 Å². The van der Waals surface area contributed by atoms with Crippen molar-refractivity contribution < 1.29 is 8.42 Å². The minimum atomic E-state index is -3.04. The highest BCUT2D eigenvalue weighted by atomic mass is 32.2. The van der Waals surface area contributed by atoms with Crippen molar-refractivity contribution in [3.63, 3.8) is 0 Å². The van der Waals surface area contributed by atoms with Crippen LogP contribution in [0.25, 0.3) is 0 Å². The first-order chi connectivity index (χ1) is 6.93. The van der Waals surface area contributed by atoms with Crippen molar-refractivity contribution in [2.75, 3.05) is 5.75 Å². The second-order valence-corrected chi connectivity index (χ2v) is 5.95. The van der Waals surface area contributed by atoms with E-state index in [4.69, 9.17) is 0 Å². The number of sulfone groups is 1. The maximum atomic E-state index is 11.6. The minimum Gasteiger partial charge on any atom is -0.228 e. The molecule has 0 radical (unpaired) electrons. The summed E-state index contributed by atoms with van der Waals surface area (Å²) in [5.41, 5.74) is 3.05. The van der Waals surface area contributed by atoms with Crippen LogP contribution in [0.2, 0.25) is 0 Å². The fourth-order valence-corrected chi connectivity index (χ4v) is 2.80. The van der Waals surface area contributed by atoms with Crippen LogP contribution >= 0.6 is 0 Å². The van der Waals surface area contributed by atoms with E-state index in [1.54, 1.807) is 0 Å². The van der Waals surface area contributed by atoms with Gasteiger partial charge in [-0.3, -0.25) is 0 Å². The molecule has 0 bridgehead atoms. The third-order valence-corrected chi connectivity index (χ3v) is 3.56. The molecule has 1 aromatic carbocycles. The average Bonchev–Trinajstić information content (AvgIpc) is 1.99. The van der Waals surface area contributed by atoms with E-state index in [1.165, 1.54) is 6.08 Å². The van der Waals surface area contributed by atoms with E-state index in [1.807, 2.05) is 32.0 Å². The van der Waals surface area contributed by atoms with Crippen molar-refractivity contribution in [3.05, 3.63) is 47.5 Å². The summed E-state index contributed by atoms with van der Waals surface area (Å²) in [5.74, 6) is 0.140. The molecule has 0 atom stereocenters. The molecule has 0 fully saturated rings. The van der Waals surface area contributed by atoms with Crippen LogP contribution in [0.3, 0.4) is 0 Å². The number of aryl methyl sites for hydroxylation is 2. The van der Waals surface area contributed by atoms with Gasteiger partial charge in [0.15, 0.2) is 9.84 Å². The molecule has 0 spiro atoms. The number of hydrogen-bond donors (Lipinski definition) is 0. The second-order valence-electron chi connectivity index (χ2n) is 3.84. The van der Waals surface area contributed by atoms with Gasteiger partial charge in [0.25, 0.3) is 0 Å². The molecule has 1 rings (SSSR count). The van der Waals surface area contributed by atoms with Gasteiger partial charge in [-0.1, -0.05) is 35.4 Å². The van der Waals surface area contributed by atoms with Gasteiger partial charge >= 0.3 is 0 Å². The smallest absolute Gasteiger partial charge is 0.157 e. The predicted molar refractivity (Wildman–Crippen MR) is 63.6 cm³/mol. The first-order valence-electron chi connectivity index (χ1n) is 4.81. The largest absolute Gasteiger partial charge is 0.228 e. The molecule has 0 saturated carbocycles. The molecule has 0 aromatic heterocycles. The van der Waals surface area contributed by atoms with Gasteiger partial charge in [0.05, 0.1) is 11.5 Å². The van der Waals surface area contributed by atoms with Crippen LogP contribution in [0.15, 0.2) is 30.9 Å². The molecule has 0 saturated heterocycles. The Morgan fingerprint density at radius 3 is 2.20 bits per heavy atom. The molecule has 1 aromatic rings. The normalized spacial score (nSPS) is 11.3. The third kappa shape index (κ3) is 3.88. The lowest BCUT2D eigenvalue weighted by Gasteiger charge is -2.05. The van der Waals surface area contributed by atoms with Crippen LogP contribution in [0.4, 0.5) is 0 Å². The van der Waals surface area contributed by atoms with Gasteiger partial charge in [-0.2, -0.15) is 0 Å². The second kappa shape index (κ2) is 4.62. The van der Waals surface area contributed by atoms with Crippen molar-refractivity contribution in [3.8, 4) is 0 Å². The summed E-state index contributed by atoms with van der Waals surface area (Å²) in [6.45, 7) is 7.38. The van der Waals surface area contributed by atoms with Gasteiger partial charge in [-0.15, -0.1) is 6.58 Å². The van der Waals surface area contributed by atoms with Gasteiger partial charge < -0.3 is 0 Å². The van der Waals surface area contributed by atoms with E-state index in [-0.39, 0.29) is 11.5 Å². The lowest BCUT2D eigenvalue weighted by molar-refractivity contribution is 0.598. The van der Waals surface area contributed by atoms with Crippen molar-refractivity contribution in [2.45, 2.75) is 19.6 Å². The van der Waals surface area contributed by atoms with E-state index in [2.05, 4.69) is 6.58 Å². The molecular formula is C12H16O2S. The third-order valence-electron chi connectivity index (χ3n) is 2.04. The molecule has 82 valence electrons. The Hall–Kier alpha value is -1.09. The van der Waals surface area contributed by atoms with E-state index >= 15 is 0 Å². The maximum absolute atomic E-state index is 11.6. The van der Waals surface area contributed by atoms with Crippen LogP contribution in [-0.2, 0) is 15.6 Å². The van der Waals surface area contributed by atoms with Crippen LogP contribution in [0.5, 0.6) is 0 Å². The Labute approximate surface area is 91.6 Å². The van der Waals surface area contributed by atoms with E-state index < -0.39 is 9.84 Å². The Kier molecular flexibility index (Phi) is 3.69. The molecule has 0 N–H and O–H groups in total.